The van der Waals surface area contributed by atoms with Crippen molar-refractivity contribution in [1.82, 2.24) is 9.55 Å². The number of nitrogens with two attached hydrogens (primary N) is 1. The summed E-state index contributed by atoms with van der Waals surface area (Å²) >= 11 is 6.16. The van der Waals surface area contributed by atoms with Crippen LogP contribution in [0.4, 0.5) is 5.95 Å². The second-order valence-electron chi connectivity index (χ2n) is 5.34. The van der Waals surface area contributed by atoms with Crippen molar-refractivity contribution in [2.75, 3.05) is 5.73 Å². The Morgan fingerprint density at radius 2 is 2.12 bits per heavy atom. The first-order valence-corrected chi connectivity index (χ1v) is 6.32. The van der Waals surface area contributed by atoms with Gasteiger partial charge in [-0.1, -0.05) is 17.7 Å². The number of hydrogen-bond donors (Lipinski definition) is 1. The zero-order valence-electron chi connectivity index (χ0n) is 10.1. The molecule has 2 aromatic rings. The second-order valence-corrected chi connectivity index (χ2v) is 5.75. The lowest BCUT2D eigenvalue weighted by Gasteiger charge is -2.28. The number of para-hydroxylation sites is 1. The van der Waals surface area contributed by atoms with Gasteiger partial charge in [0.2, 0.25) is 5.95 Å². The minimum atomic E-state index is 0.0174. The van der Waals surface area contributed by atoms with Crippen LogP contribution >= 0.6 is 11.6 Å². The lowest BCUT2D eigenvalue weighted by Crippen LogP contribution is -2.29. The summed E-state index contributed by atoms with van der Waals surface area (Å²) in [6.45, 7) is 4.45. The van der Waals surface area contributed by atoms with Crippen molar-refractivity contribution in [3.8, 4) is 0 Å². The zero-order chi connectivity index (χ0) is 12.2. The van der Waals surface area contributed by atoms with Gasteiger partial charge in [0, 0.05) is 5.54 Å². The van der Waals surface area contributed by atoms with Crippen LogP contribution in [0.1, 0.15) is 26.7 Å². The third-order valence-corrected chi connectivity index (χ3v) is 4.12. The fourth-order valence-corrected chi connectivity index (χ4v) is 2.87. The van der Waals surface area contributed by atoms with Crippen LogP contribution in [-0.4, -0.2) is 9.55 Å². The molecule has 0 bridgehead atoms. The Labute approximate surface area is 106 Å². The normalized spacial score (nSPS) is 16.6. The second kappa shape index (κ2) is 3.39. The number of rotatable bonds is 2. The number of halogens is 1. The average molecular weight is 250 g/mol. The molecule has 1 aliphatic carbocycles. The van der Waals surface area contributed by atoms with Crippen molar-refractivity contribution in [3.63, 3.8) is 0 Å². The van der Waals surface area contributed by atoms with Gasteiger partial charge in [-0.05, 0) is 44.7 Å². The molecule has 2 N–H and O–H groups in total. The summed E-state index contributed by atoms with van der Waals surface area (Å²) < 4.78 is 2.13. The summed E-state index contributed by atoms with van der Waals surface area (Å²) in [5.74, 6) is 1.26. The standard InChI is InChI=1S/C13H16ClN3/c1-13(2,8-6-7-8)17-10-5-3-4-9(14)11(10)16-12(17)15/h3-5,8H,6-7H2,1-2H3,(H2,15,16). The van der Waals surface area contributed by atoms with E-state index < -0.39 is 0 Å². The molecule has 4 heteroatoms. The van der Waals surface area contributed by atoms with Gasteiger partial charge < -0.3 is 10.3 Å². The van der Waals surface area contributed by atoms with E-state index in [2.05, 4.69) is 23.4 Å². The van der Waals surface area contributed by atoms with Crippen molar-refractivity contribution in [2.45, 2.75) is 32.2 Å². The lowest BCUT2D eigenvalue weighted by molar-refractivity contribution is 0.318. The highest BCUT2D eigenvalue weighted by Gasteiger charge is 2.41. The fraction of sp³-hybridized carbons (Fsp3) is 0.462. The molecule has 1 saturated carbocycles. The van der Waals surface area contributed by atoms with Gasteiger partial charge in [-0.15, -0.1) is 0 Å². The van der Waals surface area contributed by atoms with E-state index >= 15 is 0 Å². The SMILES string of the molecule is CC(C)(C1CC1)n1c(N)nc2c(Cl)cccc21. The van der Waals surface area contributed by atoms with E-state index in [1.807, 2.05) is 18.2 Å². The van der Waals surface area contributed by atoms with Gasteiger partial charge in [0.25, 0.3) is 0 Å². The number of aromatic nitrogens is 2. The maximum atomic E-state index is 6.16. The highest BCUT2D eigenvalue weighted by atomic mass is 35.5. The van der Waals surface area contributed by atoms with Gasteiger partial charge in [-0.25, -0.2) is 4.98 Å². The first-order valence-electron chi connectivity index (χ1n) is 5.94. The highest BCUT2D eigenvalue weighted by Crippen LogP contribution is 2.46. The van der Waals surface area contributed by atoms with Crippen LogP contribution in [0, 0.1) is 5.92 Å². The quantitative estimate of drug-likeness (QED) is 0.886. The van der Waals surface area contributed by atoms with Crippen molar-refractivity contribution in [2.24, 2.45) is 5.92 Å². The highest BCUT2D eigenvalue weighted by molar-refractivity contribution is 6.35. The number of fused-ring (bicyclic) bond motifs is 1. The molecule has 3 nitrogen and oxygen atoms in total. The summed E-state index contributed by atoms with van der Waals surface area (Å²) in [6, 6.07) is 5.84. The molecule has 0 radical (unpaired) electrons. The molecule has 0 saturated heterocycles. The predicted octanol–water partition coefficient (Wildman–Crippen LogP) is 3.42. The Morgan fingerprint density at radius 1 is 1.41 bits per heavy atom. The van der Waals surface area contributed by atoms with Crippen molar-refractivity contribution < 1.29 is 0 Å². The molecule has 1 aromatic heterocycles. The van der Waals surface area contributed by atoms with E-state index in [1.165, 1.54) is 12.8 Å². The minimum Gasteiger partial charge on any atom is -0.369 e. The molecule has 0 unspecified atom stereocenters. The smallest absolute Gasteiger partial charge is 0.201 e. The van der Waals surface area contributed by atoms with Crippen LogP contribution in [0.2, 0.25) is 5.02 Å². The van der Waals surface area contributed by atoms with Crippen LogP contribution in [-0.2, 0) is 5.54 Å². The largest absolute Gasteiger partial charge is 0.369 e. The molecule has 0 spiro atoms. The minimum absolute atomic E-state index is 0.0174. The number of nitrogen functional groups attached to an aromatic ring is 1. The first-order chi connectivity index (χ1) is 8.01. The Bertz CT molecular complexity index is 582. The summed E-state index contributed by atoms with van der Waals surface area (Å²) in [5.41, 5.74) is 7.92. The number of anilines is 1. The van der Waals surface area contributed by atoms with E-state index in [1.54, 1.807) is 0 Å². The van der Waals surface area contributed by atoms with E-state index in [0.717, 1.165) is 11.0 Å². The Morgan fingerprint density at radius 3 is 2.76 bits per heavy atom. The Hall–Kier alpha value is -1.22. The fourth-order valence-electron chi connectivity index (χ4n) is 2.66. The number of benzene rings is 1. The summed E-state index contributed by atoms with van der Waals surface area (Å²) in [7, 11) is 0. The third-order valence-electron chi connectivity index (χ3n) is 3.81. The average Bonchev–Trinajstić information content (AvgIpc) is 3.03. The van der Waals surface area contributed by atoms with Crippen molar-refractivity contribution >= 4 is 28.6 Å². The van der Waals surface area contributed by atoms with Crippen LogP contribution in [0.25, 0.3) is 11.0 Å². The van der Waals surface area contributed by atoms with Crippen LogP contribution in [0.5, 0.6) is 0 Å². The molecular weight excluding hydrogens is 234 g/mol. The number of imidazole rings is 1. The first kappa shape index (κ1) is 10.9. The number of hydrogen-bond acceptors (Lipinski definition) is 2. The molecular formula is C13H16ClN3. The topological polar surface area (TPSA) is 43.8 Å². The van der Waals surface area contributed by atoms with Crippen LogP contribution in [0.15, 0.2) is 18.2 Å². The summed E-state index contributed by atoms with van der Waals surface area (Å²) in [4.78, 5) is 4.40. The third kappa shape index (κ3) is 1.53. The van der Waals surface area contributed by atoms with Crippen molar-refractivity contribution in [3.05, 3.63) is 23.2 Å². The summed E-state index contributed by atoms with van der Waals surface area (Å²) in [6.07, 6.45) is 2.54. The molecule has 17 heavy (non-hydrogen) atoms. The van der Waals surface area contributed by atoms with Gasteiger partial charge in [-0.3, -0.25) is 0 Å². The summed E-state index contributed by atoms with van der Waals surface area (Å²) in [5, 5.41) is 0.666. The molecule has 0 aliphatic heterocycles. The molecule has 1 fully saturated rings. The van der Waals surface area contributed by atoms with Gasteiger partial charge in [0.1, 0.15) is 5.52 Å². The van der Waals surface area contributed by atoms with E-state index in [-0.39, 0.29) is 5.54 Å². The van der Waals surface area contributed by atoms with Gasteiger partial charge in [-0.2, -0.15) is 0 Å². The van der Waals surface area contributed by atoms with Gasteiger partial charge in [0.15, 0.2) is 0 Å². The maximum absolute atomic E-state index is 6.16. The molecule has 3 rings (SSSR count). The zero-order valence-corrected chi connectivity index (χ0v) is 10.8. The Balaban J connectivity index is 2.28. The van der Waals surface area contributed by atoms with Crippen LogP contribution < -0.4 is 5.73 Å². The Kier molecular flexibility index (Phi) is 2.17. The van der Waals surface area contributed by atoms with Crippen molar-refractivity contribution in [1.29, 1.82) is 0 Å². The molecule has 1 aliphatic rings. The van der Waals surface area contributed by atoms with E-state index in [4.69, 9.17) is 17.3 Å². The van der Waals surface area contributed by atoms with E-state index in [0.29, 0.717) is 16.9 Å². The number of nitrogens with zero attached hydrogens (tertiary/aromatic N) is 2. The maximum Gasteiger partial charge on any atom is 0.201 e. The van der Waals surface area contributed by atoms with Gasteiger partial charge >= 0.3 is 0 Å². The monoisotopic (exact) mass is 249 g/mol. The molecule has 1 aromatic carbocycles. The molecule has 1 heterocycles. The molecule has 0 amide bonds. The van der Waals surface area contributed by atoms with Gasteiger partial charge in [0.05, 0.1) is 10.5 Å². The van der Waals surface area contributed by atoms with Crippen LogP contribution in [0.3, 0.4) is 0 Å². The molecule has 90 valence electrons. The predicted molar refractivity (Wildman–Crippen MR) is 71.2 cm³/mol. The van der Waals surface area contributed by atoms with E-state index in [9.17, 15) is 0 Å². The molecule has 0 atom stereocenters. The lowest BCUT2D eigenvalue weighted by atomic mass is 9.98.